The Morgan fingerprint density at radius 3 is 2.80 bits per heavy atom. The van der Waals surface area contributed by atoms with E-state index in [2.05, 4.69) is 10.1 Å². The lowest BCUT2D eigenvalue weighted by Gasteiger charge is -2.08. The zero-order valence-corrected chi connectivity index (χ0v) is 11.5. The van der Waals surface area contributed by atoms with Crippen LogP contribution in [0.3, 0.4) is 0 Å². The minimum atomic E-state index is -0.589. The normalized spacial score (nSPS) is 10.1. The Morgan fingerprint density at radius 2 is 2.20 bits per heavy atom. The molecule has 7 heteroatoms. The third-order valence-electron chi connectivity index (χ3n) is 2.55. The molecule has 110 valence electrons. The van der Waals surface area contributed by atoms with E-state index in [1.165, 1.54) is 13.2 Å². The highest BCUT2D eigenvalue weighted by molar-refractivity contribution is 5.71. The topological polar surface area (TPSA) is 90.7 Å². The van der Waals surface area contributed by atoms with Gasteiger partial charge in [0.2, 0.25) is 0 Å². The number of nitro benzene ring substituents is 1. The third kappa shape index (κ3) is 4.85. The SMILES string of the molecule is CCCNCc1ccc([N+](=O)[O-])c(OCC(=O)OC)c1. The van der Waals surface area contributed by atoms with Crippen LogP contribution < -0.4 is 10.1 Å². The second kappa shape index (κ2) is 8.11. The number of benzene rings is 1. The highest BCUT2D eigenvalue weighted by Gasteiger charge is 2.16. The van der Waals surface area contributed by atoms with E-state index in [0.717, 1.165) is 18.5 Å². The molecule has 0 fully saturated rings. The van der Waals surface area contributed by atoms with Gasteiger partial charge >= 0.3 is 11.7 Å². The highest BCUT2D eigenvalue weighted by Crippen LogP contribution is 2.28. The van der Waals surface area contributed by atoms with E-state index in [1.807, 2.05) is 6.92 Å². The van der Waals surface area contributed by atoms with Gasteiger partial charge in [-0.1, -0.05) is 13.0 Å². The van der Waals surface area contributed by atoms with E-state index in [1.54, 1.807) is 12.1 Å². The number of carbonyl (C=O) groups is 1. The number of ether oxygens (including phenoxy) is 2. The Kier molecular flexibility index (Phi) is 6.45. The first-order valence-electron chi connectivity index (χ1n) is 6.26. The fraction of sp³-hybridized carbons (Fsp3) is 0.462. The summed E-state index contributed by atoms with van der Waals surface area (Å²) in [5.74, 6) is -0.523. The van der Waals surface area contributed by atoms with Crippen LogP contribution in [-0.4, -0.2) is 31.2 Å². The summed E-state index contributed by atoms with van der Waals surface area (Å²) in [6.07, 6.45) is 0.999. The van der Waals surface area contributed by atoms with Crippen molar-refractivity contribution in [1.82, 2.24) is 5.32 Å². The molecule has 0 aliphatic rings. The molecule has 0 radical (unpaired) electrons. The second-order valence-corrected chi connectivity index (χ2v) is 4.10. The number of carbonyl (C=O) groups excluding carboxylic acids is 1. The van der Waals surface area contributed by atoms with Crippen LogP contribution >= 0.6 is 0 Å². The van der Waals surface area contributed by atoms with Crippen LogP contribution in [0, 0.1) is 10.1 Å². The Morgan fingerprint density at radius 1 is 1.45 bits per heavy atom. The number of rotatable bonds is 8. The maximum atomic E-state index is 11.0. The molecule has 0 saturated carbocycles. The van der Waals surface area contributed by atoms with Gasteiger partial charge in [-0.25, -0.2) is 4.79 Å². The summed E-state index contributed by atoms with van der Waals surface area (Å²) >= 11 is 0. The van der Waals surface area contributed by atoms with Gasteiger partial charge in [-0.15, -0.1) is 0 Å². The molecule has 0 amide bonds. The van der Waals surface area contributed by atoms with Crippen LogP contribution in [0.1, 0.15) is 18.9 Å². The van der Waals surface area contributed by atoms with Crippen molar-refractivity contribution in [2.75, 3.05) is 20.3 Å². The van der Waals surface area contributed by atoms with E-state index in [4.69, 9.17) is 4.74 Å². The predicted octanol–water partition coefficient (Wildman–Crippen LogP) is 1.65. The maximum Gasteiger partial charge on any atom is 0.343 e. The molecule has 0 saturated heterocycles. The van der Waals surface area contributed by atoms with E-state index >= 15 is 0 Å². The second-order valence-electron chi connectivity index (χ2n) is 4.10. The van der Waals surface area contributed by atoms with Crippen LogP contribution in [0.5, 0.6) is 5.75 Å². The first-order chi connectivity index (χ1) is 9.58. The Labute approximate surface area is 117 Å². The zero-order chi connectivity index (χ0) is 15.0. The molecule has 0 aromatic heterocycles. The van der Waals surface area contributed by atoms with Gasteiger partial charge in [0.15, 0.2) is 12.4 Å². The summed E-state index contributed by atoms with van der Waals surface area (Å²) in [6.45, 7) is 3.13. The average molecular weight is 282 g/mol. The summed E-state index contributed by atoms with van der Waals surface area (Å²) in [4.78, 5) is 21.4. The third-order valence-corrected chi connectivity index (χ3v) is 2.55. The molecule has 0 bridgehead atoms. The number of esters is 1. The van der Waals surface area contributed by atoms with Crippen LogP contribution in [-0.2, 0) is 16.1 Å². The smallest absolute Gasteiger partial charge is 0.343 e. The van der Waals surface area contributed by atoms with E-state index in [0.29, 0.717) is 6.54 Å². The molecule has 1 aromatic rings. The van der Waals surface area contributed by atoms with E-state index in [-0.39, 0.29) is 18.0 Å². The summed E-state index contributed by atoms with van der Waals surface area (Å²) < 4.78 is 9.59. The molecule has 20 heavy (non-hydrogen) atoms. The molecular formula is C13H18N2O5. The van der Waals surface area contributed by atoms with Crippen molar-refractivity contribution in [3.05, 3.63) is 33.9 Å². The van der Waals surface area contributed by atoms with Crippen molar-refractivity contribution >= 4 is 11.7 Å². The van der Waals surface area contributed by atoms with Gasteiger partial charge in [0.25, 0.3) is 0 Å². The van der Waals surface area contributed by atoms with Gasteiger partial charge in [-0.2, -0.15) is 0 Å². The van der Waals surface area contributed by atoms with Crippen molar-refractivity contribution in [3.63, 3.8) is 0 Å². The lowest BCUT2D eigenvalue weighted by molar-refractivity contribution is -0.385. The van der Waals surface area contributed by atoms with Crippen molar-refractivity contribution < 1.29 is 19.2 Å². The molecule has 0 aliphatic heterocycles. The summed E-state index contributed by atoms with van der Waals surface area (Å²) in [5.41, 5.74) is 0.678. The maximum absolute atomic E-state index is 11.0. The van der Waals surface area contributed by atoms with Gasteiger partial charge in [0, 0.05) is 12.6 Å². The van der Waals surface area contributed by atoms with Gasteiger partial charge in [-0.05, 0) is 24.6 Å². The fourth-order valence-corrected chi connectivity index (χ4v) is 1.54. The molecule has 0 aliphatic carbocycles. The van der Waals surface area contributed by atoms with Gasteiger partial charge in [0.05, 0.1) is 12.0 Å². The molecule has 1 N–H and O–H groups in total. The van der Waals surface area contributed by atoms with Crippen molar-refractivity contribution in [3.8, 4) is 5.75 Å². The van der Waals surface area contributed by atoms with Crippen LogP contribution in [0.25, 0.3) is 0 Å². The van der Waals surface area contributed by atoms with E-state index in [9.17, 15) is 14.9 Å². The minimum absolute atomic E-state index is 0.0659. The quantitative estimate of drug-likeness (QED) is 0.337. The number of nitro groups is 1. The first kappa shape index (κ1) is 15.9. The van der Waals surface area contributed by atoms with Gasteiger partial charge < -0.3 is 14.8 Å². The van der Waals surface area contributed by atoms with E-state index < -0.39 is 10.9 Å². The van der Waals surface area contributed by atoms with Crippen LogP contribution in [0.2, 0.25) is 0 Å². The van der Waals surface area contributed by atoms with Crippen molar-refractivity contribution in [1.29, 1.82) is 0 Å². The van der Waals surface area contributed by atoms with Gasteiger partial charge in [0.1, 0.15) is 0 Å². The Bertz CT molecular complexity index is 476. The summed E-state index contributed by atoms with van der Waals surface area (Å²) in [6, 6.07) is 4.59. The molecule has 0 atom stereocenters. The van der Waals surface area contributed by atoms with Gasteiger partial charge in [-0.3, -0.25) is 10.1 Å². The minimum Gasteiger partial charge on any atom is -0.475 e. The number of hydrogen-bond acceptors (Lipinski definition) is 6. The zero-order valence-electron chi connectivity index (χ0n) is 11.5. The molecule has 1 aromatic carbocycles. The Balaban J connectivity index is 2.82. The lowest BCUT2D eigenvalue weighted by Crippen LogP contribution is -2.15. The standard InChI is InChI=1S/C13H18N2O5/c1-3-6-14-8-10-4-5-11(15(17)18)12(7-10)20-9-13(16)19-2/h4-5,7,14H,3,6,8-9H2,1-2H3. The highest BCUT2D eigenvalue weighted by atomic mass is 16.6. The summed E-state index contributed by atoms with van der Waals surface area (Å²) in [7, 11) is 1.23. The monoisotopic (exact) mass is 282 g/mol. The lowest BCUT2D eigenvalue weighted by atomic mass is 10.2. The molecule has 1 rings (SSSR count). The van der Waals surface area contributed by atoms with Crippen molar-refractivity contribution in [2.45, 2.75) is 19.9 Å². The largest absolute Gasteiger partial charge is 0.475 e. The molecule has 0 unspecified atom stereocenters. The van der Waals surface area contributed by atoms with Crippen LogP contribution in [0.4, 0.5) is 5.69 Å². The van der Waals surface area contributed by atoms with Crippen molar-refractivity contribution in [2.24, 2.45) is 0 Å². The number of nitrogens with one attached hydrogen (secondary N) is 1. The number of methoxy groups -OCH3 is 1. The average Bonchev–Trinajstić information content (AvgIpc) is 2.44. The number of nitrogens with zero attached hydrogens (tertiary/aromatic N) is 1. The first-order valence-corrected chi connectivity index (χ1v) is 6.26. The fourth-order valence-electron chi connectivity index (χ4n) is 1.54. The molecule has 7 nitrogen and oxygen atoms in total. The predicted molar refractivity (Wildman–Crippen MR) is 72.6 cm³/mol. The van der Waals surface area contributed by atoms with Crippen LogP contribution in [0.15, 0.2) is 18.2 Å². The molecular weight excluding hydrogens is 264 g/mol. The molecule has 0 spiro atoms. The number of hydrogen-bond donors (Lipinski definition) is 1. The molecule has 0 heterocycles. The Hall–Kier alpha value is -2.15. The summed E-state index contributed by atoms with van der Waals surface area (Å²) in [5, 5.41) is 14.1.